The van der Waals surface area contributed by atoms with Gasteiger partial charge in [0.2, 0.25) is 0 Å². The van der Waals surface area contributed by atoms with Gasteiger partial charge in [-0.05, 0) is 0 Å². The minimum absolute atomic E-state index is 0. The molecule has 0 atom stereocenters. The molecule has 0 saturated carbocycles. The predicted octanol–water partition coefficient (Wildman–Crippen LogP) is 0. The van der Waals surface area contributed by atoms with Crippen molar-refractivity contribution in [2.24, 2.45) is 0 Å². The van der Waals surface area contributed by atoms with Gasteiger partial charge < -0.3 is 0 Å². The molecule has 0 aliphatic heterocycles. The summed E-state index contributed by atoms with van der Waals surface area (Å²) in [6, 6.07) is 0. The molecule has 0 nitrogen and oxygen atoms in total. The largest absolute Gasteiger partial charge is 0 e. The molecule has 0 heterocycles. The first-order valence-corrected chi connectivity index (χ1v) is 0. The van der Waals surface area contributed by atoms with Crippen molar-refractivity contribution in [1.82, 2.24) is 0 Å². The van der Waals surface area contributed by atoms with E-state index in [1.54, 1.807) is 0 Å². The fourth-order valence-corrected chi connectivity index (χ4v) is 0. The van der Waals surface area contributed by atoms with Crippen molar-refractivity contribution in [1.29, 1.82) is 0 Å². The fourth-order valence-electron chi connectivity index (χ4n) is 0. The van der Waals surface area contributed by atoms with E-state index in [0.29, 0.717) is 0 Å². The van der Waals surface area contributed by atoms with Crippen molar-refractivity contribution in [3.8, 4) is 0 Å². The maximum Gasteiger partial charge on any atom is 0 e. The van der Waals surface area contributed by atoms with E-state index in [4.69, 9.17) is 0 Å². The van der Waals surface area contributed by atoms with E-state index in [1.165, 1.54) is 0 Å². The first-order chi connectivity index (χ1) is 0. The Morgan fingerprint density at radius 3 is 1.00 bits per heavy atom. The van der Waals surface area contributed by atoms with Crippen molar-refractivity contribution in [2.75, 3.05) is 0 Å². The van der Waals surface area contributed by atoms with E-state index in [-0.39, 0.29) is 179 Å². The maximum atomic E-state index is 0. The monoisotopic (exact) mass is 608 g/mol. The van der Waals surface area contributed by atoms with Gasteiger partial charge in [0.25, 0.3) is 0 Å². The van der Waals surface area contributed by atoms with E-state index >= 15 is 0 Å². The quantitative estimate of drug-likeness (QED) is 0.365. The van der Waals surface area contributed by atoms with Crippen LogP contribution < -0.4 is 0 Å². The van der Waals surface area contributed by atoms with Crippen LogP contribution in [0.3, 0.4) is 0 Å². The molecule has 4 heteroatoms. The molecular formula is CeEuPrYb. The average molecular weight is 606 g/mol. The van der Waals surface area contributed by atoms with Gasteiger partial charge in [-0.15, -0.1) is 0 Å². The van der Waals surface area contributed by atoms with Crippen molar-refractivity contribution >= 4 is 0 Å². The van der Waals surface area contributed by atoms with E-state index in [1.807, 2.05) is 0 Å². The SMILES string of the molecule is [Ce].[Eu].[Pr].[Yb]. The van der Waals surface area contributed by atoms with Crippen molar-refractivity contribution in [3.63, 3.8) is 0 Å². The Bertz CT molecular complexity index is 8.00. The summed E-state index contributed by atoms with van der Waals surface area (Å²) in [6.45, 7) is 0. The van der Waals surface area contributed by atoms with E-state index in [2.05, 4.69) is 0 Å². The van der Waals surface area contributed by atoms with Gasteiger partial charge in [0.15, 0.2) is 0 Å². The van der Waals surface area contributed by atoms with Crippen LogP contribution in [0.25, 0.3) is 0 Å². The third-order valence-electron chi connectivity index (χ3n) is 0. The molecule has 0 aromatic carbocycles. The van der Waals surface area contributed by atoms with Gasteiger partial charge >= 0.3 is 0 Å². The van der Waals surface area contributed by atoms with Gasteiger partial charge in [-0.25, -0.2) is 0 Å². The second kappa shape index (κ2) is 15.9. The van der Waals surface area contributed by atoms with Gasteiger partial charge in [-0.1, -0.05) is 0 Å². The Morgan fingerprint density at radius 1 is 1.00 bits per heavy atom. The summed E-state index contributed by atoms with van der Waals surface area (Å²) >= 11 is 0. The Morgan fingerprint density at radius 2 is 1.00 bits per heavy atom. The molecule has 0 fully saturated rings. The zero-order valence-corrected chi connectivity index (χ0v) is 12.7. The standard InChI is InChI=1S/Ce.Eu.Pr.Yb. The average Bonchev–Trinajstić information content (AvgIpc) is 0. The molecule has 0 aromatic rings. The summed E-state index contributed by atoms with van der Waals surface area (Å²) < 4.78 is 0. The summed E-state index contributed by atoms with van der Waals surface area (Å²) in [7, 11) is 0. The molecule has 0 amide bonds. The molecule has 0 saturated heterocycles. The maximum absolute atomic E-state index is 0. The first-order valence-electron chi connectivity index (χ1n) is 0. The van der Waals surface area contributed by atoms with E-state index in [0.717, 1.165) is 0 Å². The van der Waals surface area contributed by atoms with Crippen molar-refractivity contribution in [3.05, 3.63) is 0 Å². The van der Waals surface area contributed by atoms with Crippen LogP contribution in [0.5, 0.6) is 0 Å². The molecule has 0 spiro atoms. The van der Waals surface area contributed by atoms with Crippen LogP contribution in [0.2, 0.25) is 0 Å². The first kappa shape index (κ1) is 22.5. The fraction of sp³-hybridized carbons (Fsp3) is 0. The van der Waals surface area contributed by atoms with Gasteiger partial charge in [0, 0.05) is 179 Å². The van der Waals surface area contributed by atoms with Crippen LogP contribution in [-0.2, 0) is 0 Å². The number of rotatable bonds is 0. The van der Waals surface area contributed by atoms with Gasteiger partial charge in [0.05, 0.1) is 0 Å². The third kappa shape index (κ3) is 10.8. The molecule has 0 bridgehead atoms. The summed E-state index contributed by atoms with van der Waals surface area (Å²) in [5.41, 5.74) is 0. The molecule has 0 aliphatic carbocycles. The van der Waals surface area contributed by atoms with Crippen LogP contribution in [-0.4, -0.2) is 0 Å². The van der Waals surface area contributed by atoms with Crippen LogP contribution in [0.4, 0.5) is 0 Å². The molecule has 0 aliphatic rings. The van der Waals surface area contributed by atoms with Gasteiger partial charge in [-0.3, -0.25) is 0 Å². The summed E-state index contributed by atoms with van der Waals surface area (Å²) in [5.74, 6) is 0. The second-order valence-electron chi connectivity index (χ2n) is 0. The number of hydrogen-bond acceptors (Lipinski definition) is 0. The predicted molar refractivity (Wildman–Crippen MR) is 0 cm³/mol. The molecular weight excluding hydrogens is 606 g/mol. The summed E-state index contributed by atoms with van der Waals surface area (Å²) in [5, 5.41) is 0. The molecule has 2 radical (unpaired) electrons. The summed E-state index contributed by atoms with van der Waals surface area (Å²) in [6.07, 6.45) is 0. The smallest absolute Gasteiger partial charge is 0 e. The molecule has 0 rings (SSSR count). The normalized spacial score (nSPS) is 0. The van der Waals surface area contributed by atoms with Crippen LogP contribution in [0.15, 0.2) is 0 Å². The van der Waals surface area contributed by atoms with E-state index in [9.17, 15) is 0 Å². The van der Waals surface area contributed by atoms with Crippen molar-refractivity contribution in [2.45, 2.75) is 0 Å². The van der Waals surface area contributed by atoms with Crippen molar-refractivity contribution < 1.29 is 179 Å². The minimum Gasteiger partial charge on any atom is 0 e. The van der Waals surface area contributed by atoms with Gasteiger partial charge in [0.1, 0.15) is 0 Å². The minimum atomic E-state index is 0. The molecule has 0 unspecified atom stereocenters. The molecule has 0 N–H and O–H groups in total. The third-order valence-corrected chi connectivity index (χ3v) is 0. The molecule has 0 aromatic heterocycles. The van der Waals surface area contributed by atoms with Crippen LogP contribution in [0, 0.1) is 179 Å². The topological polar surface area (TPSA) is 0 Å². The van der Waals surface area contributed by atoms with Gasteiger partial charge in [-0.2, -0.15) is 0 Å². The zero-order valence-electron chi connectivity index (χ0n) is 1.72. The second-order valence-corrected chi connectivity index (χ2v) is 0. The Kier molecular flexibility index (Phi) is 89.8. The Labute approximate surface area is 172 Å². The van der Waals surface area contributed by atoms with Crippen LogP contribution in [0.1, 0.15) is 0 Å². The Balaban J connectivity index is 0. The zero-order chi connectivity index (χ0) is 0. The summed E-state index contributed by atoms with van der Waals surface area (Å²) in [4.78, 5) is 0. The molecule has 4 heavy (non-hydrogen) atoms. The molecule has 28 valence electrons. The number of hydrogen-bond donors (Lipinski definition) is 0. The van der Waals surface area contributed by atoms with E-state index < -0.39 is 0 Å². The Hall–Kier alpha value is 5.84. The van der Waals surface area contributed by atoms with Crippen LogP contribution >= 0.6 is 0 Å².